The van der Waals surface area contributed by atoms with Crippen LogP contribution in [0.5, 0.6) is 0 Å². The first kappa shape index (κ1) is 15.9. The quantitative estimate of drug-likeness (QED) is 0.829. The fraction of sp³-hybridized carbons (Fsp3) is 0.632. The maximum absolute atomic E-state index is 6.02. The van der Waals surface area contributed by atoms with Crippen molar-refractivity contribution in [1.82, 2.24) is 10.1 Å². The van der Waals surface area contributed by atoms with Crippen LogP contribution in [0.4, 0.5) is 0 Å². The Morgan fingerprint density at radius 3 is 2.92 bits per heavy atom. The maximum Gasteiger partial charge on any atom is 0.140 e. The van der Waals surface area contributed by atoms with Gasteiger partial charge in [0.25, 0.3) is 0 Å². The van der Waals surface area contributed by atoms with Gasteiger partial charge in [0, 0.05) is 25.1 Å². The second kappa shape index (κ2) is 7.11. The highest BCUT2D eigenvalue weighted by Gasteiger charge is 2.22. The van der Waals surface area contributed by atoms with Gasteiger partial charge in [0.15, 0.2) is 0 Å². The van der Waals surface area contributed by atoms with Crippen molar-refractivity contribution in [2.75, 3.05) is 13.7 Å². The minimum atomic E-state index is 0.139. The molecule has 0 bridgehead atoms. The summed E-state index contributed by atoms with van der Waals surface area (Å²) in [6.07, 6.45) is 8.19. The third-order valence-electron chi connectivity index (χ3n) is 5.06. The zero-order valence-electron chi connectivity index (χ0n) is 14.4. The molecular weight excluding hydrogens is 304 g/mol. The fourth-order valence-corrected chi connectivity index (χ4v) is 3.77. The Morgan fingerprint density at radius 1 is 1.12 bits per heavy atom. The number of hydrogen-bond acceptors (Lipinski definition) is 5. The lowest BCUT2D eigenvalue weighted by atomic mass is 9.96. The van der Waals surface area contributed by atoms with E-state index in [-0.39, 0.29) is 6.10 Å². The molecule has 0 spiro atoms. The van der Waals surface area contributed by atoms with Crippen LogP contribution in [0.1, 0.15) is 66.7 Å². The van der Waals surface area contributed by atoms with Gasteiger partial charge < -0.3 is 13.7 Å². The topological polar surface area (TPSA) is 51.6 Å². The van der Waals surface area contributed by atoms with Crippen molar-refractivity contribution in [3.05, 3.63) is 40.7 Å². The molecule has 4 rings (SSSR count). The summed E-state index contributed by atoms with van der Waals surface area (Å²) in [6.45, 7) is 2.42. The number of hydrogen-bond donors (Lipinski definition) is 0. The molecule has 0 saturated carbocycles. The molecule has 1 saturated heterocycles. The molecule has 1 atom stereocenters. The molecule has 24 heavy (non-hydrogen) atoms. The van der Waals surface area contributed by atoms with Gasteiger partial charge in [-0.15, -0.1) is 0 Å². The van der Waals surface area contributed by atoms with E-state index in [0.29, 0.717) is 0 Å². The largest absolute Gasteiger partial charge is 0.462 e. The van der Waals surface area contributed by atoms with E-state index in [1.165, 1.54) is 24.8 Å². The molecule has 0 aromatic carbocycles. The molecule has 3 heterocycles. The Bertz CT molecular complexity index is 670. The van der Waals surface area contributed by atoms with Gasteiger partial charge in [-0.05, 0) is 57.7 Å². The molecule has 1 aliphatic carbocycles. The van der Waals surface area contributed by atoms with E-state index in [1.807, 2.05) is 0 Å². The highest BCUT2D eigenvalue weighted by atomic mass is 16.5. The molecule has 130 valence electrons. The summed E-state index contributed by atoms with van der Waals surface area (Å²) < 4.78 is 17.3. The average Bonchev–Trinajstić information content (AvgIpc) is 3.23. The Hall–Kier alpha value is -1.59. The molecule has 0 unspecified atom stereocenters. The van der Waals surface area contributed by atoms with Gasteiger partial charge in [0.2, 0.25) is 0 Å². The number of furan rings is 1. The summed E-state index contributed by atoms with van der Waals surface area (Å²) in [5, 5.41) is 4.29. The van der Waals surface area contributed by atoms with E-state index in [1.54, 1.807) is 0 Å². The summed E-state index contributed by atoms with van der Waals surface area (Å²) in [7, 11) is 2.10. The molecule has 2 aromatic heterocycles. The minimum absolute atomic E-state index is 0.139. The van der Waals surface area contributed by atoms with E-state index in [0.717, 1.165) is 68.4 Å². The Kier molecular flexibility index (Phi) is 4.72. The van der Waals surface area contributed by atoms with Crippen molar-refractivity contribution < 1.29 is 13.7 Å². The van der Waals surface area contributed by atoms with Crippen molar-refractivity contribution in [2.45, 2.75) is 64.1 Å². The highest BCUT2D eigenvalue weighted by molar-refractivity contribution is 5.25. The second-order valence-electron chi connectivity index (χ2n) is 7.07. The molecule has 5 nitrogen and oxygen atoms in total. The van der Waals surface area contributed by atoms with E-state index < -0.39 is 0 Å². The van der Waals surface area contributed by atoms with Crippen LogP contribution in [-0.2, 0) is 30.7 Å². The lowest BCUT2D eigenvalue weighted by Crippen LogP contribution is -2.18. The Balaban J connectivity index is 1.37. The van der Waals surface area contributed by atoms with Crippen molar-refractivity contribution in [3.8, 4) is 0 Å². The van der Waals surface area contributed by atoms with Gasteiger partial charge in [-0.3, -0.25) is 4.90 Å². The molecular formula is C19H26N2O3. The number of nitrogens with zero attached hydrogens (tertiary/aromatic N) is 2. The average molecular weight is 330 g/mol. The third kappa shape index (κ3) is 3.42. The van der Waals surface area contributed by atoms with Crippen LogP contribution in [-0.4, -0.2) is 23.7 Å². The third-order valence-corrected chi connectivity index (χ3v) is 5.06. The number of aromatic nitrogens is 1. The number of fused-ring (bicyclic) bond motifs is 1. The normalized spacial score (nSPS) is 21.2. The maximum atomic E-state index is 6.02. The van der Waals surface area contributed by atoms with Crippen LogP contribution < -0.4 is 0 Å². The van der Waals surface area contributed by atoms with E-state index in [9.17, 15) is 0 Å². The van der Waals surface area contributed by atoms with Gasteiger partial charge in [0.05, 0.1) is 6.54 Å². The van der Waals surface area contributed by atoms with Crippen LogP contribution in [0.3, 0.4) is 0 Å². The summed E-state index contributed by atoms with van der Waals surface area (Å²) >= 11 is 0. The van der Waals surface area contributed by atoms with Crippen molar-refractivity contribution in [3.63, 3.8) is 0 Å². The van der Waals surface area contributed by atoms with Crippen molar-refractivity contribution in [2.24, 2.45) is 0 Å². The molecule has 2 aromatic rings. The summed E-state index contributed by atoms with van der Waals surface area (Å²) in [4.78, 5) is 2.23. The Labute approximate surface area is 142 Å². The van der Waals surface area contributed by atoms with Crippen LogP contribution in [0, 0.1) is 0 Å². The fourth-order valence-electron chi connectivity index (χ4n) is 3.77. The SMILES string of the molecule is CN(Cc1ccc([C@@H]2CCCCO2)o1)Cc1noc2c1CCCC2. The van der Waals surface area contributed by atoms with Crippen LogP contribution in [0.15, 0.2) is 21.1 Å². The van der Waals surface area contributed by atoms with E-state index >= 15 is 0 Å². The predicted octanol–water partition coefficient (Wildman–Crippen LogP) is 4.02. The first-order valence-electron chi connectivity index (χ1n) is 9.14. The molecule has 0 N–H and O–H groups in total. The zero-order chi connectivity index (χ0) is 16.4. The molecule has 0 amide bonds. The summed E-state index contributed by atoms with van der Waals surface area (Å²) in [5.41, 5.74) is 2.43. The van der Waals surface area contributed by atoms with Gasteiger partial charge in [-0.2, -0.15) is 0 Å². The smallest absolute Gasteiger partial charge is 0.140 e. The van der Waals surface area contributed by atoms with Crippen molar-refractivity contribution >= 4 is 0 Å². The van der Waals surface area contributed by atoms with Gasteiger partial charge in [-0.1, -0.05) is 5.16 Å². The zero-order valence-corrected chi connectivity index (χ0v) is 14.4. The molecule has 1 aliphatic heterocycles. The predicted molar refractivity (Wildman–Crippen MR) is 89.6 cm³/mol. The molecule has 5 heteroatoms. The molecule has 2 aliphatic rings. The molecule has 1 fully saturated rings. The highest BCUT2D eigenvalue weighted by Crippen LogP contribution is 2.29. The van der Waals surface area contributed by atoms with Gasteiger partial charge >= 0.3 is 0 Å². The van der Waals surface area contributed by atoms with Gasteiger partial charge in [0.1, 0.15) is 29.1 Å². The van der Waals surface area contributed by atoms with Crippen LogP contribution in [0.25, 0.3) is 0 Å². The van der Waals surface area contributed by atoms with Crippen LogP contribution >= 0.6 is 0 Å². The number of aryl methyl sites for hydroxylation is 1. The molecule has 0 radical (unpaired) electrons. The first-order chi connectivity index (χ1) is 11.8. The summed E-state index contributed by atoms with van der Waals surface area (Å²) in [6, 6.07) is 4.14. The van der Waals surface area contributed by atoms with Crippen molar-refractivity contribution in [1.29, 1.82) is 0 Å². The lowest BCUT2D eigenvalue weighted by Gasteiger charge is -2.20. The monoisotopic (exact) mass is 330 g/mol. The van der Waals surface area contributed by atoms with E-state index in [2.05, 4.69) is 29.2 Å². The number of ether oxygens (including phenoxy) is 1. The van der Waals surface area contributed by atoms with Crippen LogP contribution in [0.2, 0.25) is 0 Å². The Morgan fingerprint density at radius 2 is 2.04 bits per heavy atom. The number of rotatable bonds is 5. The minimum Gasteiger partial charge on any atom is -0.462 e. The second-order valence-corrected chi connectivity index (χ2v) is 7.07. The summed E-state index contributed by atoms with van der Waals surface area (Å²) in [5.74, 6) is 3.05. The standard InChI is InChI=1S/C19H26N2O3/c1-21(13-16-15-6-2-3-7-17(15)24-20-16)12-14-9-10-19(23-14)18-8-4-5-11-22-18/h9-10,18H,2-8,11-13H2,1H3/t18-/m0/s1. The van der Waals surface area contributed by atoms with E-state index in [4.69, 9.17) is 13.7 Å². The first-order valence-corrected chi connectivity index (χ1v) is 9.14. The lowest BCUT2D eigenvalue weighted by molar-refractivity contribution is 0.000902. The van der Waals surface area contributed by atoms with Gasteiger partial charge in [-0.25, -0.2) is 0 Å².